The highest BCUT2D eigenvalue weighted by Gasteiger charge is 2.53. The number of carbonyl (C=O) groups excluding carboxylic acids is 1. The number of rotatable bonds is 4. The molecule has 21 heavy (non-hydrogen) atoms. The minimum atomic E-state index is 0.191. The summed E-state index contributed by atoms with van der Waals surface area (Å²) in [6.07, 6.45) is 9.07. The summed E-state index contributed by atoms with van der Waals surface area (Å²) < 4.78 is 5.41. The SMILES string of the molecule is CCOc1ccc(NC(=O)C2[C@H]3CCC=CCC[C@H]23)cc1. The van der Waals surface area contributed by atoms with Crippen molar-refractivity contribution >= 4 is 11.6 Å². The molecule has 0 unspecified atom stereocenters. The summed E-state index contributed by atoms with van der Waals surface area (Å²) in [7, 11) is 0. The van der Waals surface area contributed by atoms with Crippen LogP contribution in [-0.4, -0.2) is 12.5 Å². The van der Waals surface area contributed by atoms with Crippen LogP contribution in [0.3, 0.4) is 0 Å². The molecule has 1 saturated carbocycles. The van der Waals surface area contributed by atoms with Gasteiger partial charge in [0.15, 0.2) is 0 Å². The van der Waals surface area contributed by atoms with Crippen molar-refractivity contribution in [3.8, 4) is 5.75 Å². The Kier molecular flexibility index (Phi) is 4.28. The van der Waals surface area contributed by atoms with Gasteiger partial charge in [-0.25, -0.2) is 0 Å². The first kappa shape index (κ1) is 14.2. The van der Waals surface area contributed by atoms with Crippen LogP contribution in [0.25, 0.3) is 0 Å². The van der Waals surface area contributed by atoms with Crippen LogP contribution in [0.4, 0.5) is 5.69 Å². The molecule has 0 radical (unpaired) electrons. The van der Waals surface area contributed by atoms with Gasteiger partial charge in [0.1, 0.15) is 5.75 Å². The van der Waals surface area contributed by atoms with Gasteiger partial charge in [-0.3, -0.25) is 4.79 Å². The van der Waals surface area contributed by atoms with E-state index in [9.17, 15) is 4.79 Å². The molecule has 2 atom stereocenters. The Balaban J connectivity index is 1.57. The summed E-state index contributed by atoms with van der Waals surface area (Å²) >= 11 is 0. The number of carbonyl (C=O) groups is 1. The van der Waals surface area contributed by atoms with E-state index in [0.29, 0.717) is 18.4 Å². The summed E-state index contributed by atoms with van der Waals surface area (Å²) in [5, 5.41) is 3.06. The first-order chi connectivity index (χ1) is 10.3. The molecule has 3 nitrogen and oxygen atoms in total. The van der Waals surface area contributed by atoms with Gasteiger partial charge in [-0.15, -0.1) is 0 Å². The Bertz CT molecular complexity index is 505. The van der Waals surface area contributed by atoms with Gasteiger partial charge in [0.05, 0.1) is 6.61 Å². The lowest BCUT2D eigenvalue weighted by molar-refractivity contribution is -0.117. The van der Waals surface area contributed by atoms with Gasteiger partial charge in [0, 0.05) is 11.6 Å². The molecule has 0 heterocycles. The van der Waals surface area contributed by atoms with E-state index >= 15 is 0 Å². The molecule has 2 aliphatic carbocycles. The van der Waals surface area contributed by atoms with Crippen molar-refractivity contribution in [3.63, 3.8) is 0 Å². The quantitative estimate of drug-likeness (QED) is 0.849. The highest BCUT2D eigenvalue weighted by molar-refractivity contribution is 5.94. The lowest BCUT2D eigenvalue weighted by atomic mass is 10.1. The van der Waals surface area contributed by atoms with Gasteiger partial charge in [0.2, 0.25) is 5.91 Å². The molecule has 1 fully saturated rings. The highest BCUT2D eigenvalue weighted by atomic mass is 16.5. The Morgan fingerprint density at radius 2 is 1.76 bits per heavy atom. The van der Waals surface area contributed by atoms with Crippen molar-refractivity contribution < 1.29 is 9.53 Å². The second-order valence-corrected chi connectivity index (χ2v) is 5.93. The topological polar surface area (TPSA) is 38.3 Å². The van der Waals surface area contributed by atoms with Crippen molar-refractivity contribution in [2.45, 2.75) is 32.6 Å². The van der Waals surface area contributed by atoms with Crippen LogP contribution < -0.4 is 10.1 Å². The molecular weight excluding hydrogens is 262 g/mol. The van der Waals surface area contributed by atoms with E-state index in [1.54, 1.807) is 0 Å². The summed E-state index contributed by atoms with van der Waals surface area (Å²) in [6.45, 7) is 2.62. The average molecular weight is 285 g/mol. The zero-order valence-electron chi connectivity index (χ0n) is 12.5. The molecule has 1 aromatic carbocycles. The monoisotopic (exact) mass is 285 g/mol. The third kappa shape index (κ3) is 3.29. The minimum absolute atomic E-state index is 0.191. The summed E-state index contributed by atoms with van der Waals surface area (Å²) in [4.78, 5) is 12.4. The Hall–Kier alpha value is -1.77. The molecule has 112 valence electrons. The van der Waals surface area contributed by atoms with Crippen LogP contribution in [0.2, 0.25) is 0 Å². The van der Waals surface area contributed by atoms with E-state index in [2.05, 4.69) is 17.5 Å². The summed E-state index contributed by atoms with van der Waals surface area (Å²) in [6, 6.07) is 7.63. The number of ether oxygens (including phenoxy) is 1. The van der Waals surface area contributed by atoms with Crippen molar-refractivity contribution in [1.29, 1.82) is 0 Å². The number of nitrogens with one attached hydrogen (secondary N) is 1. The maximum atomic E-state index is 12.4. The lowest BCUT2D eigenvalue weighted by Gasteiger charge is -2.07. The highest BCUT2D eigenvalue weighted by Crippen LogP contribution is 2.53. The minimum Gasteiger partial charge on any atom is -0.494 e. The standard InChI is InChI=1S/C18H23NO2/c1-2-21-14-11-9-13(10-12-14)19-18(20)17-15-7-5-3-4-6-8-16(15)17/h3-4,9-12,15-17H,2,5-8H2,1H3,(H,19,20)/t15-,16-/m0/s1. The number of hydrogen-bond donors (Lipinski definition) is 1. The molecule has 0 aliphatic heterocycles. The number of fused-ring (bicyclic) bond motifs is 1. The number of amides is 1. The first-order valence-corrected chi connectivity index (χ1v) is 7.98. The van der Waals surface area contributed by atoms with Gasteiger partial charge in [-0.1, -0.05) is 12.2 Å². The van der Waals surface area contributed by atoms with Crippen LogP contribution in [-0.2, 0) is 4.79 Å². The van der Waals surface area contributed by atoms with Gasteiger partial charge in [-0.05, 0) is 68.7 Å². The third-order valence-electron chi connectivity index (χ3n) is 4.57. The molecule has 3 heteroatoms. The van der Waals surface area contributed by atoms with Gasteiger partial charge >= 0.3 is 0 Å². The van der Waals surface area contributed by atoms with E-state index in [0.717, 1.165) is 37.1 Å². The number of hydrogen-bond acceptors (Lipinski definition) is 2. The largest absolute Gasteiger partial charge is 0.494 e. The smallest absolute Gasteiger partial charge is 0.228 e. The maximum Gasteiger partial charge on any atom is 0.228 e. The zero-order chi connectivity index (χ0) is 14.7. The van der Waals surface area contributed by atoms with Crippen LogP contribution in [0.1, 0.15) is 32.6 Å². The van der Waals surface area contributed by atoms with E-state index in [1.807, 2.05) is 31.2 Å². The normalized spacial score (nSPS) is 27.2. The van der Waals surface area contributed by atoms with Crippen LogP contribution in [0.5, 0.6) is 5.75 Å². The van der Waals surface area contributed by atoms with E-state index in [-0.39, 0.29) is 11.8 Å². The zero-order valence-corrected chi connectivity index (χ0v) is 12.5. The molecule has 2 aliphatic rings. The van der Waals surface area contributed by atoms with E-state index in [1.165, 1.54) is 0 Å². The summed E-state index contributed by atoms with van der Waals surface area (Å²) in [5.41, 5.74) is 0.862. The molecule has 1 N–H and O–H groups in total. The Labute approximate surface area is 126 Å². The van der Waals surface area contributed by atoms with Crippen molar-refractivity contribution in [3.05, 3.63) is 36.4 Å². The van der Waals surface area contributed by atoms with Gasteiger partial charge in [0.25, 0.3) is 0 Å². The van der Waals surface area contributed by atoms with Crippen molar-refractivity contribution in [1.82, 2.24) is 0 Å². The maximum absolute atomic E-state index is 12.4. The molecule has 0 saturated heterocycles. The predicted octanol–water partition coefficient (Wildman–Crippen LogP) is 4.02. The first-order valence-electron chi connectivity index (χ1n) is 7.98. The van der Waals surface area contributed by atoms with Gasteiger partial charge in [-0.2, -0.15) is 0 Å². The lowest BCUT2D eigenvalue weighted by Crippen LogP contribution is -2.15. The molecule has 3 rings (SSSR count). The fraction of sp³-hybridized carbons (Fsp3) is 0.500. The molecular formula is C18H23NO2. The number of anilines is 1. The third-order valence-corrected chi connectivity index (χ3v) is 4.57. The fourth-order valence-corrected chi connectivity index (χ4v) is 3.46. The van der Waals surface area contributed by atoms with E-state index in [4.69, 9.17) is 4.74 Å². The Morgan fingerprint density at radius 1 is 1.14 bits per heavy atom. The number of benzene rings is 1. The van der Waals surface area contributed by atoms with Crippen molar-refractivity contribution in [2.75, 3.05) is 11.9 Å². The van der Waals surface area contributed by atoms with Crippen LogP contribution in [0, 0.1) is 17.8 Å². The number of allylic oxidation sites excluding steroid dienone is 2. The van der Waals surface area contributed by atoms with Crippen molar-refractivity contribution in [2.24, 2.45) is 17.8 Å². The fourth-order valence-electron chi connectivity index (χ4n) is 3.46. The summed E-state index contributed by atoms with van der Waals surface area (Å²) in [5.74, 6) is 2.44. The van der Waals surface area contributed by atoms with Crippen LogP contribution >= 0.6 is 0 Å². The van der Waals surface area contributed by atoms with Gasteiger partial charge < -0.3 is 10.1 Å². The molecule has 1 amide bonds. The Morgan fingerprint density at radius 3 is 2.33 bits per heavy atom. The van der Waals surface area contributed by atoms with Crippen LogP contribution in [0.15, 0.2) is 36.4 Å². The molecule has 0 bridgehead atoms. The second-order valence-electron chi connectivity index (χ2n) is 5.93. The molecule has 0 aromatic heterocycles. The second kappa shape index (κ2) is 6.33. The molecule has 0 spiro atoms. The molecule has 1 aromatic rings. The van der Waals surface area contributed by atoms with E-state index < -0.39 is 0 Å². The average Bonchev–Trinajstić information content (AvgIpc) is 3.12. The predicted molar refractivity (Wildman–Crippen MR) is 84.3 cm³/mol.